The number of nitrogens with one attached hydrogen (secondary N) is 1. The molecule has 0 saturated heterocycles. The van der Waals surface area contributed by atoms with Crippen LogP contribution >= 0.6 is 11.8 Å². The Morgan fingerprint density at radius 1 is 1.27 bits per heavy atom. The van der Waals surface area contributed by atoms with E-state index in [-0.39, 0.29) is 11.0 Å². The van der Waals surface area contributed by atoms with Gasteiger partial charge in [0.25, 0.3) is 0 Å². The number of aryl methyl sites for hydroxylation is 1. The SMILES string of the molecule is CSCCC(NS(=O)(=O)c1ccc(C)cc1)C(=O)OC(C)C. The first kappa shape index (κ1) is 19.0. The van der Waals surface area contributed by atoms with Crippen molar-refractivity contribution in [3.8, 4) is 0 Å². The molecule has 0 saturated carbocycles. The molecule has 1 N–H and O–H groups in total. The fraction of sp³-hybridized carbons (Fsp3) is 0.533. The van der Waals surface area contributed by atoms with E-state index in [9.17, 15) is 13.2 Å². The third kappa shape index (κ3) is 5.98. The van der Waals surface area contributed by atoms with Crippen LogP contribution in [0.1, 0.15) is 25.8 Å². The van der Waals surface area contributed by atoms with E-state index in [1.807, 2.05) is 13.2 Å². The monoisotopic (exact) mass is 345 g/mol. The summed E-state index contributed by atoms with van der Waals surface area (Å²) in [6.45, 7) is 5.35. The molecular formula is C15H23NO4S2. The smallest absolute Gasteiger partial charge is 0.324 e. The fourth-order valence-electron chi connectivity index (χ4n) is 1.75. The molecule has 0 aliphatic carbocycles. The Kier molecular flexibility index (Phi) is 7.38. The number of carbonyl (C=O) groups is 1. The summed E-state index contributed by atoms with van der Waals surface area (Å²) >= 11 is 1.55. The van der Waals surface area contributed by atoms with Crippen molar-refractivity contribution in [2.75, 3.05) is 12.0 Å². The molecule has 1 aromatic rings. The second-order valence-corrected chi connectivity index (χ2v) is 7.95. The van der Waals surface area contributed by atoms with E-state index in [0.717, 1.165) is 5.56 Å². The van der Waals surface area contributed by atoms with E-state index in [1.54, 1.807) is 37.7 Å². The molecule has 0 fully saturated rings. The van der Waals surface area contributed by atoms with Crippen LogP contribution in [-0.2, 0) is 19.6 Å². The summed E-state index contributed by atoms with van der Waals surface area (Å²) in [4.78, 5) is 12.2. The van der Waals surface area contributed by atoms with Gasteiger partial charge in [0.1, 0.15) is 6.04 Å². The van der Waals surface area contributed by atoms with Gasteiger partial charge < -0.3 is 4.74 Å². The lowest BCUT2D eigenvalue weighted by Crippen LogP contribution is -2.42. The lowest BCUT2D eigenvalue weighted by molar-refractivity contribution is -0.149. The Balaban J connectivity index is 2.91. The molecule has 0 amide bonds. The number of hydrogen-bond donors (Lipinski definition) is 1. The van der Waals surface area contributed by atoms with E-state index in [4.69, 9.17) is 4.74 Å². The fourth-order valence-corrected chi connectivity index (χ4v) is 3.44. The molecule has 0 bridgehead atoms. The Bertz CT molecular complexity index is 582. The van der Waals surface area contributed by atoms with Crippen molar-refractivity contribution >= 4 is 27.8 Å². The molecule has 0 heterocycles. The van der Waals surface area contributed by atoms with Crippen molar-refractivity contribution in [3.05, 3.63) is 29.8 Å². The number of carbonyl (C=O) groups excluding carboxylic acids is 1. The molecule has 0 spiro atoms. The maximum Gasteiger partial charge on any atom is 0.324 e. The highest BCUT2D eigenvalue weighted by Crippen LogP contribution is 2.13. The van der Waals surface area contributed by atoms with Crippen molar-refractivity contribution in [3.63, 3.8) is 0 Å². The van der Waals surface area contributed by atoms with E-state index in [0.29, 0.717) is 12.2 Å². The minimum absolute atomic E-state index is 0.143. The van der Waals surface area contributed by atoms with Crippen LogP contribution in [0.3, 0.4) is 0 Å². The summed E-state index contributed by atoms with van der Waals surface area (Å²) in [5, 5.41) is 0. The number of thioether (sulfide) groups is 1. The molecule has 0 aliphatic heterocycles. The summed E-state index contributed by atoms with van der Waals surface area (Å²) < 4.78 is 32.4. The number of ether oxygens (including phenoxy) is 1. The van der Waals surface area contributed by atoms with Gasteiger partial charge in [-0.1, -0.05) is 17.7 Å². The maximum absolute atomic E-state index is 12.4. The first-order chi connectivity index (χ1) is 10.3. The van der Waals surface area contributed by atoms with Crippen LogP contribution in [-0.4, -0.2) is 38.5 Å². The van der Waals surface area contributed by atoms with Crippen molar-refractivity contribution in [1.82, 2.24) is 4.72 Å². The normalized spacial score (nSPS) is 13.1. The third-order valence-corrected chi connectivity index (χ3v) is 5.01. The zero-order valence-corrected chi connectivity index (χ0v) is 15.0. The molecule has 1 aromatic carbocycles. The molecule has 1 atom stereocenters. The molecule has 0 aromatic heterocycles. The average molecular weight is 345 g/mol. The predicted octanol–water partition coefficient (Wildman–Crippen LogP) is 2.35. The van der Waals surface area contributed by atoms with Crippen LogP contribution < -0.4 is 4.72 Å². The number of rotatable bonds is 8. The van der Waals surface area contributed by atoms with E-state index in [1.165, 1.54) is 12.1 Å². The number of esters is 1. The van der Waals surface area contributed by atoms with E-state index >= 15 is 0 Å². The number of sulfonamides is 1. The molecule has 1 rings (SSSR count). The lowest BCUT2D eigenvalue weighted by atomic mass is 10.2. The van der Waals surface area contributed by atoms with Gasteiger partial charge in [-0.15, -0.1) is 0 Å². The van der Waals surface area contributed by atoms with Gasteiger partial charge in [-0.2, -0.15) is 16.5 Å². The summed E-state index contributed by atoms with van der Waals surface area (Å²) in [6.07, 6.45) is 2.00. The second kappa shape index (κ2) is 8.55. The Labute approximate surface area is 136 Å². The van der Waals surface area contributed by atoms with Crippen LogP contribution in [0.25, 0.3) is 0 Å². The van der Waals surface area contributed by atoms with Gasteiger partial charge in [-0.3, -0.25) is 4.79 Å². The van der Waals surface area contributed by atoms with E-state index < -0.39 is 22.0 Å². The summed E-state index contributed by atoms with van der Waals surface area (Å²) in [6, 6.07) is 5.62. The molecule has 7 heteroatoms. The van der Waals surface area contributed by atoms with Crippen LogP contribution in [0, 0.1) is 6.92 Å². The predicted molar refractivity (Wildman–Crippen MR) is 89.5 cm³/mol. The molecule has 1 unspecified atom stereocenters. The number of benzene rings is 1. The molecule has 0 aliphatic rings. The second-order valence-electron chi connectivity index (χ2n) is 5.25. The quantitative estimate of drug-likeness (QED) is 0.732. The van der Waals surface area contributed by atoms with Crippen LogP contribution in [0.5, 0.6) is 0 Å². The molecular weight excluding hydrogens is 322 g/mol. The van der Waals surface area contributed by atoms with Crippen molar-refractivity contribution in [2.45, 2.75) is 44.2 Å². The van der Waals surface area contributed by atoms with Crippen LogP contribution in [0.15, 0.2) is 29.2 Å². The molecule has 5 nitrogen and oxygen atoms in total. The van der Waals surface area contributed by atoms with Gasteiger partial charge in [-0.05, 0) is 51.3 Å². The highest BCUT2D eigenvalue weighted by molar-refractivity contribution is 7.98. The first-order valence-electron chi connectivity index (χ1n) is 7.04. The summed E-state index contributed by atoms with van der Waals surface area (Å²) in [5.41, 5.74) is 0.970. The van der Waals surface area contributed by atoms with E-state index in [2.05, 4.69) is 4.72 Å². The van der Waals surface area contributed by atoms with Gasteiger partial charge in [0.15, 0.2) is 0 Å². The van der Waals surface area contributed by atoms with Gasteiger partial charge in [0.2, 0.25) is 10.0 Å². The maximum atomic E-state index is 12.4. The van der Waals surface area contributed by atoms with Crippen molar-refractivity contribution < 1.29 is 17.9 Å². The number of hydrogen-bond acceptors (Lipinski definition) is 5. The van der Waals surface area contributed by atoms with Crippen molar-refractivity contribution in [2.24, 2.45) is 0 Å². The van der Waals surface area contributed by atoms with Gasteiger partial charge in [0, 0.05) is 0 Å². The highest BCUT2D eigenvalue weighted by atomic mass is 32.2. The Morgan fingerprint density at radius 3 is 2.36 bits per heavy atom. The minimum Gasteiger partial charge on any atom is -0.462 e. The average Bonchev–Trinajstić information content (AvgIpc) is 2.43. The standard InChI is InChI=1S/C15H23NO4S2/c1-11(2)20-15(17)14(9-10-21-4)16-22(18,19)13-7-5-12(3)6-8-13/h5-8,11,14,16H,9-10H2,1-4H3. The van der Waals surface area contributed by atoms with Crippen LogP contribution in [0.4, 0.5) is 0 Å². The third-order valence-electron chi connectivity index (χ3n) is 2.88. The zero-order valence-electron chi connectivity index (χ0n) is 13.3. The van der Waals surface area contributed by atoms with Crippen molar-refractivity contribution in [1.29, 1.82) is 0 Å². The lowest BCUT2D eigenvalue weighted by Gasteiger charge is -2.19. The zero-order chi connectivity index (χ0) is 16.8. The largest absolute Gasteiger partial charge is 0.462 e. The minimum atomic E-state index is -3.75. The van der Waals surface area contributed by atoms with Gasteiger partial charge >= 0.3 is 5.97 Å². The topological polar surface area (TPSA) is 72.5 Å². The Hall–Kier alpha value is -1.05. The van der Waals surface area contributed by atoms with Crippen LogP contribution in [0.2, 0.25) is 0 Å². The summed E-state index contributed by atoms with van der Waals surface area (Å²) in [7, 11) is -3.75. The highest BCUT2D eigenvalue weighted by Gasteiger charge is 2.27. The molecule has 0 radical (unpaired) electrons. The van der Waals surface area contributed by atoms with Gasteiger partial charge in [-0.25, -0.2) is 8.42 Å². The molecule has 22 heavy (non-hydrogen) atoms. The first-order valence-corrected chi connectivity index (χ1v) is 9.92. The van der Waals surface area contributed by atoms with Gasteiger partial charge in [0.05, 0.1) is 11.0 Å². The molecule has 124 valence electrons. The summed E-state index contributed by atoms with van der Waals surface area (Å²) in [5.74, 6) is 0.119. The Morgan fingerprint density at radius 2 is 1.86 bits per heavy atom.